The van der Waals surface area contributed by atoms with E-state index in [1.807, 2.05) is 24.7 Å². The lowest BCUT2D eigenvalue weighted by molar-refractivity contribution is -0.136. The summed E-state index contributed by atoms with van der Waals surface area (Å²) in [7, 11) is 2.01. The predicted octanol–water partition coefficient (Wildman–Crippen LogP) is 6.62. The van der Waals surface area contributed by atoms with Gasteiger partial charge in [-0.05, 0) is 88.5 Å². The Bertz CT molecular complexity index is 1720. The first-order valence-electron chi connectivity index (χ1n) is 14.0. The zero-order valence-corrected chi connectivity index (χ0v) is 25.4. The van der Waals surface area contributed by atoms with Crippen LogP contribution in [0.3, 0.4) is 0 Å². The van der Waals surface area contributed by atoms with E-state index in [1.54, 1.807) is 32.1 Å². The van der Waals surface area contributed by atoms with Crippen molar-refractivity contribution in [1.29, 1.82) is 0 Å². The van der Waals surface area contributed by atoms with Gasteiger partial charge in [-0.3, -0.25) is 9.48 Å². The predicted molar refractivity (Wildman–Crippen MR) is 168 cm³/mol. The maximum atomic E-state index is 11.8. The monoisotopic (exact) mass is 570 g/mol. The Kier molecular flexibility index (Phi) is 8.01. The first kappa shape index (κ1) is 28.9. The summed E-state index contributed by atoms with van der Waals surface area (Å²) < 4.78 is 3.00. The quantitative estimate of drug-likeness (QED) is 0.220. The largest absolute Gasteiger partial charge is 0.481 e. The first-order valence-corrected chi connectivity index (χ1v) is 14.8. The molecular weight excluding hydrogens is 532 g/mol. The number of aromatic nitrogens is 3. The Labute approximate surface area is 244 Å². The van der Waals surface area contributed by atoms with Gasteiger partial charge in [-0.1, -0.05) is 29.8 Å². The van der Waals surface area contributed by atoms with E-state index in [9.17, 15) is 9.90 Å². The fraction of sp³-hybridized carbons (Fsp3) is 0.364. The highest BCUT2D eigenvalue weighted by Crippen LogP contribution is 2.42. The average Bonchev–Trinajstić information content (AvgIpc) is 3.63. The second-order valence-electron chi connectivity index (χ2n) is 12.0. The standard InChI is InChI=1S/C29H28N4O2S.C4H10O/c1-16-4-6-18(7-5-16)26-21(14-25(34)35)17(2)12-23-28(26)36-29(31-23)19-8-9-24-22(13-19)27(32-33(24)3)20-10-11-30-15-20;1-4(2,3)5/h4-9,12-13,20,30H,10-11,14-15H2,1-3H3,(H,34,35);5H,1-3H3. The van der Waals surface area contributed by atoms with Gasteiger partial charge in [0.1, 0.15) is 5.01 Å². The van der Waals surface area contributed by atoms with Crippen molar-refractivity contribution in [2.24, 2.45) is 7.05 Å². The van der Waals surface area contributed by atoms with E-state index in [2.05, 4.69) is 54.7 Å². The minimum Gasteiger partial charge on any atom is -0.481 e. The molecule has 214 valence electrons. The molecule has 1 atom stereocenters. The molecule has 3 heterocycles. The fourth-order valence-electron chi connectivity index (χ4n) is 5.38. The molecule has 0 radical (unpaired) electrons. The molecular formula is C33H38N4O3S. The molecule has 0 amide bonds. The van der Waals surface area contributed by atoms with Crippen LogP contribution in [0.1, 0.15) is 55.5 Å². The number of nitrogens with zero attached hydrogens (tertiary/aromatic N) is 3. The van der Waals surface area contributed by atoms with Crippen LogP contribution in [0.5, 0.6) is 0 Å². The molecule has 41 heavy (non-hydrogen) atoms. The van der Waals surface area contributed by atoms with Gasteiger partial charge in [0, 0.05) is 36.0 Å². The normalized spacial score (nSPS) is 15.3. The van der Waals surface area contributed by atoms with Crippen molar-refractivity contribution in [2.75, 3.05) is 13.1 Å². The van der Waals surface area contributed by atoms with E-state index < -0.39 is 11.6 Å². The average molecular weight is 571 g/mol. The number of hydrogen-bond donors (Lipinski definition) is 3. The first-order chi connectivity index (χ1) is 19.4. The zero-order chi connectivity index (χ0) is 29.5. The van der Waals surface area contributed by atoms with Crippen molar-refractivity contribution >= 4 is 38.4 Å². The molecule has 6 rings (SSSR count). The Morgan fingerprint density at radius 2 is 1.78 bits per heavy atom. The van der Waals surface area contributed by atoms with Crippen molar-refractivity contribution in [3.8, 4) is 21.7 Å². The maximum Gasteiger partial charge on any atom is 0.307 e. The van der Waals surface area contributed by atoms with Gasteiger partial charge >= 0.3 is 5.97 Å². The number of carboxylic acid groups (broad SMARTS) is 1. The molecule has 3 aromatic carbocycles. The van der Waals surface area contributed by atoms with E-state index in [1.165, 1.54) is 10.9 Å². The molecule has 1 saturated heterocycles. The van der Waals surface area contributed by atoms with Gasteiger partial charge in [0.15, 0.2) is 0 Å². The molecule has 1 unspecified atom stereocenters. The molecule has 1 aliphatic heterocycles. The van der Waals surface area contributed by atoms with Gasteiger partial charge in [-0.15, -0.1) is 11.3 Å². The van der Waals surface area contributed by atoms with Crippen LogP contribution in [0.2, 0.25) is 0 Å². The number of nitrogens with one attached hydrogen (secondary N) is 1. The third kappa shape index (κ3) is 6.35. The number of carboxylic acids is 1. The molecule has 1 fully saturated rings. The minimum atomic E-state index is -0.827. The van der Waals surface area contributed by atoms with Gasteiger partial charge < -0.3 is 15.5 Å². The Hall–Kier alpha value is -3.59. The number of carbonyl (C=O) groups is 1. The van der Waals surface area contributed by atoms with Crippen molar-refractivity contribution in [3.05, 3.63) is 70.9 Å². The molecule has 0 aliphatic carbocycles. The smallest absolute Gasteiger partial charge is 0.307 e. The summed E-state index contributed by atoms with van der Waals surface area (Å²) in [6, 6.07) is 16.8. The highest BCUT2D eigenvalue weighted by Gasteiger charge is 2.24. The van der Waals surface area contributed by atoms with Gasteiger partial charge in [0.2, 0.25) is 0 Å². The Morgan fingerprint density at radius 3 is 2.41 bits per heavy atom. The summed E-state index contributed by atoms with van der Waals surface area (Å²) in [6.45, 7) is 11.3. The molecule has 2 aromatic heterocycles. The van der Waals surface area contributed by atoms with Crippen molar-refractivity contribution < 1.29 is 15.0 Å². The highest BCUT2D eigenvalue weighted by molar-refractivity contribution is 7.22. The van der Waals surface area contributed by atoms with Crippen LogP contribution in [0.4, 0.5) is 0 Å². The Balaban J connectivity index is 0.000000623. The SMILES string of the molecule is CC(C)(C)O.Cc1ccc(-c2c(CC(=O)O)c(C)cc3nc(-c4ccc5c(c4)c(C4CCNC4)nn5C)sc23)cc1. The maximum absolute atomic E-state index is 11.8. The summed E-state index contributed by atoms with van der Waals surface area (Å²) in [6.07, 6.45) is 1.08. The van der Waals surface area contributed by atoms with Gasteiger partial charge in [0.05, 0.1) is 33.4 Å². The molecule has 1 aliphatic rings. The van der Waals surface area contributed by atoms with Gasteiger partial charge in [-0.25, -0.2) is 4.98 Å². The number of benzene rings is 3. The van der Waals surface area contributed by atoms with Gasteiger partial charge in [0.25, 0.3) is 0 Å². The summed E-state index contributed by atoms with van der Waals surface area (Å²) in [5.41, 5.74) is 8.74. The van der Waals surface area contributed by atoms with Crippen LogP contribution >= 0.6 is 11.3 Å². The third-order valence-corrected chi connectivity index (χ3v) is 8.39. The number of hydrogen-bond acceptors (Lipinski definition) is 6. The summed E-state index contributed by atoms with van der Waals surface area (Å²) in [4.78, 5) is 16.8. The fourth-order valence-corrected chi connectivity index (χ4v) is 6.51. The van der Waals surface area contributed by atoms with Crippen LogP contribution in [-0.4, -0.2) is 49.6 Å². The zero-order valence-electron chi connectivity index (χ0n) is 24.6. The second kappa shape index (κ2) is 11.4. The van der Waals surface area contributed by atoms with E-state index in [0.29, 0.717) is 5.92 Å². The number of aryl methyl sites for hydroxylation is 3. The van der Waals surface area contributed by atoms with Crippen molar-refractivity contribution in [3.63, 3.8) is 0 Å². The molecule has 0 spiro atoms. The number of fused-ring (bicyclic) bond motifs is 2. The van der Waals surface area contributed by atoms with Crippen molar-refractivity contribution in [2.45, 2.75) is 59.0 Å². The van der Waals surface area contributed by atoms with E-state index in [-0.39, 0.29) is 6.42 Å². The van der Waals surface area contributed by atoms with E-state index in [0.717, 1.165) is 73.8 Å². The van der Waals surface area contributed by atoms with Gasteiger partial charge in [-0.2, -0.15) is 5.10 Å². The number of thiazole rings is 1. The summed E-state index contributed by atoms with van der Waals surface area (Å²) in [5.74, 6) is -0.403. The lowest BCUT2D eigenvalue weighted by atomic mass is 9.93. The van der Waals surface area contributed by atoms with Crippen LogP contribution in [0.25, 0.3) is 42.8 Å². The van der Waals surface area contributed by atoms with Crippen LogP contribution < -0.4 is 5.32 Å². The van der Waals surface area contributed by atoms with Crippen LogP contribution in [0.15, 0.2) is 48.5 Å². The highest BCUT2D eigenvalue weighted by atomic mass is 32.1. The summed E-state index contributed by atoms with van der Waals surface area (Å²) in [5, 5.41) is 28.6. The summed E-state index contributed by atoms with van der Waals surface area (Å²) >= 11 is 1.64. The number of aliphatic hydroxyl groups is 1. The lowest BCUT2D eigenvalue weighted by Crippen LogP contribution is -2.10. The minimum absolute atomic E-state index is 0.0152. The Morgan fingerprint density at radius 1 is 1.10 bits per heavy atom. The van der Waals surface area contributed by atoms with Crippen LogP contribution in [-0.2, 0) is 18.3 Å². The van der Waals surface area contributed by atoms with E-state index in [4.69, 9.17) is 15.2 Å². The molecule has 0 bridgehead atoms. The number of rotatable bonds is 5. The molecule has 3 N–H and O–H groups in total. The molecule has 0 saturated carbocycles. The third-order valence-electron chi connectivity index (χ3n) is 7.25. The van der Waals surface area contributed by atoms with Crippen molar-refractivity contribution in [1.82, 2.24) is 20.1 Å². The molecule has 7 nitrogen and oxygen atoms in total. The topological polar surface area (TPSA) is 100 Å². The lowest BCUT2D eigenvalue weighted by Gasteiger charge is -2.13. The molecule has 8 heteroatoms. The van der Waals surface area contributed by atoms with Crippen LogP contribution in [0, 0.1) is 13.8 Å². The second-order valence-corrected chi connectivity index (χ2v) is 13.0. The number of aliphatic carboxylic acids is 1. The molecule has 5 aromatic rings. The van der Waals surface area contributed by atoms with E-state index >= 15 is 0 Å².